The fourth-order valence-corrected chi connectivity index (χ4v) is 4.63. The molecule has 4 rings (SSSR count). The van der Waals surface area contributed by atoms with Crippen LogP contribution in [0.15, 0.2) is 24.5 Å². The van der Waals surface area contributed by atoms with E-state index in [1.807, 2.05) is 26.0 Å². The highest BCUT2D eigenvalue weighted by molar-refractivity contribution is 6.34. The molecular weight excluding hydrogens is 417 g/mol. The Kier molecular flexibility index (Phi) is 5.45. The first kappa shape index (κ1) is 21.3. The lowest BCUT2D eigenvalue weighted by molar-refractivity contribution is -0.139. The van der Waals surface area contributed by atoms with Gasteiger partial charge in [-0.15, -0.1) is 0 Å². The molecular formula is C21H24ClF3N4O. The van der Waals surface area contributed by atoms with Gasteiger partial charge in [0.25, 0.3) is 0 Å². The van der Waals surface area contributed by atoms with Crippen molar-refractivity contribution in [2.75, 3.05) is 13.1 Å². The fraction of sp³-hybridized carbons (Fsp3) is 0.524. The molecule has 0 aliphatic carbocycles. The Labute approximate surface area is 177 Å². The quantitative estimate of drug-likeness (QED) is 0.593. The number of fused-ring (bicyclic) bond motifs is 3. The largest absolute Gasteiger partial charge is 0.406 e. The minimum absolute atomic E-state index is 0.00560. The van der Waals surface area contributed by atoms with Gasteiger partial charge in [-0.2, -0.15) is 13.2 Å². The molecule has 0 bridgehead atoms. The predicted octanol–water partition coefficient (Wildman–Crippen LogP) is 4.78. The minimum Gasteiger partial charge on any atom is -0.390 e. The molecule has 3 heterocycles. The lowest BCUT2D eigenvalue weighted by atomic mass is 9.84. The van der Waals surface area contributed by atoms with Crippen LogP contribution in [0.5, 0.6) is 0 Å². The van der Waals surface area contributed by atoms with E-state index in [9.17, 15) is 18.3 Å². The third kappa shape index (κ3) is 4.26. The first-order valence-electron chi connectivity index (χ1n) is 9.96. The number of nitrogens with zero attached hydrogens (tertiary/aromatic N) is 4. The smallest absolute Gasteiger partial charge is 0.390 e. The van der Waals surface area contributed by atoms with Crippen LogP contribution >= 0.6 is 11.6 Å². The standard InChI is InChI=1S/C21H24ClF3N4O/c1-20(2,30)14-4-3-7-28(10-14)9-13-5-6-16-15(8-13)17-18(19(22)27-12-26-17)29(16)11-21(23,24)25/h5-6,8,12,14,30H,3-4,7,9-11H2,1-2H3. The number of aliphatic hydroxyl groups is 1. The van der Waals surface area contributed by atoms with E-state index in [2.05, 4.69) is 14.9 Å². The van der Waals surface area contributed by atoms with Gasteiger partial charge in [-0.3, -0.25) is 4.90 Å². The zero-order valence-corrected chi connectivity index (χ0v) is 17.6. The summed E-state index contributed by atoms with van der Waals surface area (Å²) in [5.74, 6) is 0.190. The number of piperidine rings is 1. The van der Waals surface area contributed by atoms with E-state index in [4.69, 9.17) is 11.6 Å². The van der Waals surface area contributed by atoms with Crippen LogP contribution in [-0.4, -0.2) is 49.4 Å². The number of rotatable bonds is 4. The third-order valence-electron chi connectivity index (χ3n) is 5.90. The minimum atomic E-state index is -4.39. The molecule has 1 aliphatic heterocycles. The van der Waals surface area contributed by atoms with Gasteiger partial charge in [-0.05, 0) is 56.8 Å². The second-order valence-corrected chi connectivity index (χ2v) is 9.00. The molecule has 1 saturated heterocycles. The maximum atomic E-state index is 13.2. The van der Waals surface area contributed by atoms with Gasteiger partial charge >= 0.3 is 6.18 Å². The van der Waals surface area contributed by atoms with Gasteiger partial charge in [-0.25, -0.2) is 9.97 Å². The number of hydrogen-bond acceptors (Lipinski definition) is 4. The van der Waals surface area contributed by atoms with Crippen molar-refractivity contribution in [2.24, 2.45) is 5.92 Å². The number of benzene rings is 1. The average molecular weight is 441 g/mol. The second-order valence-electron chi connectivity index (χ2n) is 8.64. The van der Waals surface area contributed by atoms with Crippen molar-refractivity contribution in [3.8, 4) is 0 Å². The van der Waals surface area contributed by atoms with E-state index in [0.29, 0.717) is 23.0 Å². The first-order chi connectivity index (χ1) is 14.0. The Morgan fingerprint density at radius 1 is 1.23 bits per heavy atom. The summed E-state index contributed by atoms with van der Waals surface area (Å²) in [4.78, 5) is 10.4. The normalized spacial score (nSPS) is 19.1. The number of halogens is 4. The van der Waals surface area contributed by atoms with Crippen molar-refractivity contribution in [3.63, 3.8) is 0 Å². The van der Waals surface area contributed by atoms with E-state index in [0.717, 1.165) is 36.1 Å². The highest BCUT2D eigenvalue weighted by Crippen LogP contribution is 2.34. The topological polar surface area (TPSA) is 54.2 Å². The average Bonchev–Trinajstić information content (AvgIpc) is 2.94. The molecule has 2 aromatic heterocycles. The molecule has 0 radical (unpaired) electrons. The van der Waals surface area contributed by atoms with Gasteiger partial charge in [0, 0.05) is 18.5 Å². The highest BCUT2D eigenvalue weighted by atomic mass is 35.5. The molecule has 1 N–H and O–H groups in total. The lowest BCUT2D eigenvalue weighted by Gasteiger charge is -2.38. The molecule has 162 valence electrons. The Balaban J connectivity index is 1.71. The Bertz CT molecular complexity index is 1070. The summed E-state index contributed by atoms with van der Waals surface area (Å²) in [5.41, 5.74) is 1.30. The predicted molar refractivity (Wildman–Crippen MR) is 110 cm³/mol. The van der Waals surface area contributed by atoms with Crippen molar-refractivity contribution in [1.29, 1.82) is 0 Å². The van der Waals surface area contributed by atoms with Crippen LogP contribution in [0.4, 0.5) is 13.2 Å². The molecule has 1 aliphatic rings. The maximum absolute atomic E-state index is 13.2. The molecule has 0 amide bonds. The molecule has 1 atom stereocenters. The summed E-state index contributed by atoms with van der Waals surface area (Å²) in [6.07, 6.45) is -1.13. The first-order valence-corrected chi connectivity index (χ1v) is 10.3. The van der Waals surface area contributed by atoms with Gasteiger partial charge in [0.15, 0.2) is 5.15 Å². The van der Waals surface area contributed by atoms with Gasteiger partial charge < -0.3 is 9.67 Å². The zero-order valence-electron chi connectivity index (χ0n) is 16.9. The van der Waals surface area contributed by atoms with Crippen LogP contribution in [0.2, 0.25) is 5.15 Å². The van der Waals surface area contributed by atoms with E-state index in [1.54, 1.807) is 6.07 Å². The molecule has 0 spiro atoms. The van der Waals surface area contributed by atoms with Crippen molar-refractivity contribution < 1.29 is 18.3 Å². The van der Waals surface area contributed by atoms with E-state index >= 15 is 0 Å². The van der Waals surface area contributed by atoms with Crippen molar-refractivity contribution in [1.82, 2.24) is 19.4 Å². The maximum Gasteiger partial charge on any atom is 0.406 e. The Morgan fingerprint density at radius 3 is 2.70 bits per heavy atom. The molecule has 3 aromatic rings. The molecule has 9 heteroatoms. The molecule has 1 fully saturated rings. The van der Waals surface area contributed by atoms with Crippen LogP contribution in [0.3, 0.4) is 0 Å². The number of hydrogen-bond donors (Lipinski definition) is 1. The fourth-order valence-electron chi connectivity index (χ4n) is 4.40. The van der Waals surface area contributed by atoms with E-state index in [1.165, 1.54) is 6.33 Å². The Morgan fingerprint density at radius 2 is 2.00 bits per heavy atom. The van der Waals surface area contributed by atoms with Crippen LogP contribution in [0.25, 0.3) is 21.9 Å². The van der Waals surface area contributed by atoms with Crippen LogP contribution in [0, 0.1) is 5.92 Å². The van der Waals surface area contributed by atoms with Crippen molar-refractivity contribution in [2.45, 2.75) is 51.6 Å². The highest BCUT2D eigenvalue weighted by Gasteiger charge is 2.32. The summed E-state index contributed by atoms with van der Waals surface area (Å²) in [7, 11) is 0. The third-order valence-corrected chi connectivity index (χ3v) is 6.18. The molecule has 30 heavy (non-hydrogen) atoms. The van der Waals surface area contributed by atoms with Gasteiger partial charge in [0.2, 0.25) is 0 Å². The second kappa shape index (κ2) is 7.66. The SMILES string of the molecule is CC(C)(O)C1CCCN(Cc2ccc3c(c2)c2ncnc(Cl)c2n3CC(F)(F)F)C1. The molecule has 0 saturated carbocycles. The summed E-state index contributed by atoms with van der Waals surface area (Å²) >= 11 is 6.15. The summed E-state index contributed by atoms with van der Waals surface area (Å²) in [5, 5.41) is 11.0. The van der Waals surface area contributed by atoms with Gasteiger partial charge in [0.05, 0.1) is 11.1 Å². The van der Waals surface area contributed by atoms with Crippen LogP contribution < -0.4 is 0 Å². The van der Waals surface area contributed by atoms with Crippen molar-refractivity contribution in [3.05, 3.63) is 35.2 Å². The van der Waals surface area contributed by atoms with Crippen LogP contribution in [-0.2, 0) is 13.1 Å². The zero-order chi connectivity index (χ0) is 21.7. The summed E-state index contributed by atoms with van der Waals surface area (Å²) in [6, 6.07) is 5.44. The summed E-state index contributed by atoms with van der Waals surface area (Å²) in [6.45, 7) is 4.89. The van der Waals surface area contributed by atoms with Crippen molar-refractivity contribution >= 4 is 33.5 Å². The van der Waals surface area contributed by atoms with Gasteiger partial charge in [-0.1, -0.05) is 17.7 Å². The Hall–Kier alpha value is -1.90. The molecule has 1 aromatic carbocycles. The van der Waals surface area contributed by atoms with E-state index in [-0.39, 0.29) is 16.6 Å². The van der Waals surface area contributed by atoms with E-state index < -0.39 is 18.3 Å². The van der Waals surface area contributed by atoms with Crippen LogP contribution in [0.1, 0.15) is 32.3 Å². The molecule has 1 unspecified atom stereocenters. The number of likely N-dealkylation sites (tertiary alicyclic amines) is 1. The summed E-state index contributed by atoms with van der Waals surface area (Å²) < 4.78 is 40.7. The lowest BCUT2D eigenvalue weighted by Crippen LogP contribution is -2.44. The molecule has 5 nitrogen and oxygen atoms in total. The van der Waals surface area contributed by atoms with Gasteiger partial charge in [0.1, 0.15) is 23.9 Å². The monoisotopic (exact) mass is 440 g/mol. The number of aromatic nitrogens is 3. The number of alkyl halides is 3.